The highest BCUT2D eigenvalue weighted by molar-refractivity contribution is 7.47. The van der Waals surface area contributed by atoms with Crippen LogP contribution in [-0.4, -0.2) is 96.7 Å². The molecule has 0 saturated heterocycles. The summed E-state index contributed by atoms with van der Waals surface area (Å²) in [7, 11) is -9.92. The van der Waals surface area contributed by atoms with Crippen molar-refractivity contribution < 1.29 is 80.2 Å². The van der Waals surface area contributed by atoms with Crippen molar-refractivity contribution in [1.82, 2.24) is 0 Å². The summed E-state index contributed by atoms with van der Waals surface area (Å²) in [5, 5.41) is 10.6. The van der Waals surface area contributed by atoms with Crippen molar-refractivity contribution in [2.45, 2.75) is 433 Å². The van der Waals surface area contributed by atoms with Crippen molar-refractivity contribution in [3.05, 3.63) is 0 Å². The molecule has 0 aliphatic rings. The molecule has 0 radical (unpaired) electrons. The van der Waals surface area contributed by atoms with Gasteiger partial charge >= 0.3 is 39.5 Å². The van der Waals surface area contributed by atoms with Crippen LogP contribution >= 0.6 is 15.6 Å². The van der Waals surface area contributed by atoms with Gasteiger partial charge in [-0.3, -0.25) is 37.3 Å². The number of esters is 4. The minimum atomic E-state index is -4.96. The maximum Gasteiger partial charge on any atom is 0.472 e. The first kappa shape index (κ1) is 97.1. The molecule has 19 heteroatoms. The average Bonchev–Trinajstić information content (AvgIpc) is 1.04. The van der Waals surface area contributed by atoms with Crippen LogP contribution < -0.4 is 0 Å². The lowest BCUT2D eigenvalue weighted by Gasteiger charge is -2.21. The number of phosphoric ester groups is 2. The third kappa shape index (κ3) is 74.1. The number of aliphatic hydroxyl groups is 1. The summed E-state index contributed by atoms with van der Waals surface area (Å²) in [6, 6.07) is 0. The SMILES string of the molecule is CCCCCCCCCCCCCCC(=O)O[C@H](COC(=O)CCCCCCCCCC(C)C)COP(=O)(O)OC[C@H](O)COP(=O)(O)OC[C@@H](COC(=O)CCCCCCCCCCCCCCCC(C)C)OC(=O)CCCCCCCCCCCCCCCCCCCCC(C)C. The topological polar surface area (TPSA) is 237 Å². The standard InChI is InChI=1S/C80H156O17P2/c1-8-9-10-11-12-13-14-28-34-41-49-56-63-79(84)97-76(68-91-78(83)62-55-48-43-36-39-46-53-60-73(6)7)70-95-99(88,89)93-66-74(81)65-92-98(86,87)94-69-75(67-90-77(82)61-54-47-40-33-29-25-21-23-27-32-38-45-52-59-72(4)5)96-80(85)64-57-50-42-35-30-24-20-18-16-15-17-19-22-26-31-37-44-51-58-71(2)3/h71-76,81H,8-70H2,1-7H3,(H,86,87)(H,88,89)/t74-,75-,76-/m1/s1. The Morgan fingerprint density at radius 2 is 0.465 bits per heavy atom. The van der Waals surface area contributed by atoms with Gasteiger partial charge in [0.25, 0.3) is 0 Å². The first-order valence-electron chi connectivity index (χ1n) is 41.3. The quantitative estimate of drug-likeness (QED) is 0.0222. The van der Waals surface area contributed by atoms with Gasteiger partial charge in [-0.1, -0.05) is 363 Å². The number of hydrogen-bond donors (Lipinski definition) is 3. The highest BCUT2D eigenvalue weighted by Gasteiger charge is 2.30. The van der Waals surface area contributed by atoms with Crippen LogP contribution in [0.15, 0.2) is 0 Å². The van der Waals surface area contributed by atoms with Crippen molar-refractivity contribution in [1.29, 1.82) is 0 Å². The molecule has 0 bridgehead atoms. The van der Waals surface area contributed by atoms with Gasteiger partial charge in [-0.05, 0) is 43.4 Å². The van der Waals surface area contributed by atoms with Crippen LogP contribution in [0.25, 0.3) is 0 Å². The predicted octanol–water partition coefficient (Wildman–Crippen LogP) is 23.7. The normalized spacial score (nSPS) is 14.0. The van der Waals surface area contributed by atoms with Crippen molar-refractivity contribution in [2.75, 3.05) is 39.6 Å². The smallest absolute Gasteiger partial charge is 0.462 e. The van der Waals surface area contributed by atoms with E-state index in [-0.39, 0.29) is 25.7 Å². The number of ether oxygens (including phenoxy) is 4. The van der Waals surface area contributed by atoms with E-state index >= 15 is 0 Å². The molecule has 0 spiro atoms. The Morgan fingerprint density at radius 1 is 0.273 bits per heavy atom. The molecule has 0 rings (SSSR count). The van der Waals surface area contributed by atoms with Crippen LogP contribution in [-0.2, 0) is 65.4 Å². The second-order valence-corrected chi connectivity index (χ2v) is 33.1. The number of aliphatic hydroxyl groups excluding tert-OH is 1. The fourth-order valence-corrected chi connectivity index (χ4v) is 13.9. The Morgan fingerprint density at radius 3 is 0.687 bits per heavy atom. The summed E-state index contributed by atoms with van der Waals surface area (Å²) in [6.45, 7) is 11.9. The zero-order valence-electron chi connectivity index (χ0n) is 65.0. The maximum atomic E-state index is 13.1. The molecule has 0 aromatic heterocycles. The molecule has 17 nitrogen and oxygen atoms in total. The summed E-state index contributed by atoms with van der Waals surface area (Å²) >= 11 is 0. The molecule has 0 aliphatic carbocycles. The molecule has 0 heterocycles. The Balaban J connectivity index is 5.22. The molecule has 0 fully saturated rings. The molecule has 0 aromatic carbocycles. The Kier molecular flexibility index (Phi) is 69.0. The lowest BCUT2D eigenvalue weighted by Crippen LogP contribution is -2.30. The number of phosphoric acid groups is 2. The van der Waals surface area contributed by atoms with Crippen LogP contribution in [0.4, 0.5) is 0 Å². The maximum absolute atomic E-state index is 13.1. The predicted molar refractivity (Wildman–Crippen MR) is 405 cm³/mol. The van der Waals surface area contributed by atoms with Crippen molar-refractivity contribution in [3.8, 4) is 0 Å². The number of carbonyl (C=O) groups is 4. The summed E-state index contributed by atoms with van der Waals surface area (Å²) < 4.78 is 68.6. The molecule has 0 amide bonds. The average molecular weight is 1450 g/mol. The van der Waals surface area contributed by atoms with Crippen molar-refractivity contribution in [2.24, 2.45) is 17.8 Å². The van der Waals surface area contributed by atoms with E-state index in [0.29, 0.717) is 31.6 Å². The number of unbranched alkanes of at least 4 members (excludes halogenated alkanes) is 46. The van der Waals surface area contributed by atoms with Crippen LogP contribution in [0.5, 0.6) is 0 Å². The largest absolute Gasteiger partial charge is 0.472 e. The van der Waals surface area contributed by atoms with Gasteiger partial charge in [0, 0.05) is 25.7 Å². The van der Waals surface area contributed by atoms with E-state index in [1.165, 1.54) is 218 Å². The molecule has 0 aromatic rings. The van der Waals surface area contributed by atoms with E-state index in [9.17, 15) is 43.2 Å². The lowest BCUT2D eigenvalue weighted by atomic mass is 10.0. The third-order valence-electron chi connectivity index (χ3n) is 18.6. The second kappa shape index (κ2) is 70.4. The molecule has 588 valence electrons. The van der Waals surface area contributed by atoms with E-state index in [2.05, 4.69) is 48.5 Å². The van der Waals surface area contributed by atoms with E-state index in [1.807, 2.05) is 0 Å². The summed E-state index contributed by atoms with van der Waals surface area (Å²) in [4.78, 5) is 72.9. The number of rotatable bonds is 78. The Hall–Kier alpha value is -1.94. The highest BCUT2D eigenvalue weighted by Crippen LogP contribution is 2.45. The highest BCUT2D eigenvalue weighted by atomic mass is 31.2. The lowest BCUT2D eigenvalue weighted by molar-refractivity contribution is -0.161. The van der Waals surface area contributed by atoms with Gasteiger partial charge in [-0.25, -0.2) is 9.13 Å². The third-order valence-corrected chi connectivity index (χ3v) is 20.5. The van der Waals surface area contributed by atoms with E-state index < -0.39 is 97.5 Å². The molecule has 99 heavy (non-hydrogen) atoms. The monoisotopic (exact) mass is 1450 g/mol. The Labute approximate surface area is 607 Å². The van der Waals surface area contributed by atoms with Crippen LogP contribution in [0.3, 0.4) is 0 Å². The van der Waals surface area contributed by atoms with Crippen LogP contribution in [0.2, 0.25) is 0 Å². The van der Waals surface area contributed by atoms with Crippen LogP contribution in [0.1, 0.15) is 414 Å². The first-order valence-corrected chi connectivity index (χ1v) is 44.3. The van der Waals surface area contributed by atoms with Crippen molar-refractivity contribution >= 4 is 39.5 Å². The van der Waals surface area contributed by atoms with Gasteiger partial charge in [-0.2, -0.15) is 0 Å². The first-order chi connectivity index (χ1) is 47.7. The zero-order chi connectivity index (χ0) is 73.0. The molecule has 2 unspecified atom stereocenters. The van der Waals surface area contributed by atoms with Gasteiger partial charge < -0.3 is 33.8 Å². The van der Waals surface area contributed by atoms with Gasteiger partial charge in [0.15, 0.2) is 12.2 Å². The van der Waals surface area contributed by atoms with Gasteiger partial charge in [0.2, 0.25) is 0 Å². The van der Waals surface area contributed by atoms with E-state index in [1.54, 1.807) is 0 Å². The fourth-order valence-electron chi connectivity index (χ4n) is 12.3. The minimum absolute atomic E-state index is 0.106. The zero-order valence-corrected chi connectivity index (χ0v) is 66.8. The van der Waals surface area contributed by atoms with E-state index in [4.69, 9.17) is 37.0 Å². The van der Waals surface area contributed by atoms with Gasteiger partial charge in [-0.15, -0.1) is 0 Å². The molecule has 3 N–H and O–H groups in total. The number of carbonyl (C=O) groups excluding carboxylic acids is 4. The second-order valence-electron chi connectivity index (χ2n) is 30.2. The minimum Gasteiger partial charge on any atom is -0.462 e. The van der Waals surface area contributed by atoms with Gasteiger partial charge in [0.1, 0.15) is 19.3 Å². The molecular weight excluding hydrogens is 1290 g/mol. The van der Waals surface area contributed by atoms with Gasteiger partial charge in [0.05, 0.1) is 26.4 Å². The Bertz CT molecular complexity index is 1920. The number of hydrogen-bond acceptors (Lipinski definition) is 15. The fraction of sp³-hybridized carbons (Fsp3) is 0.950. The summed E-state index contributed by atoms with van der Waals surface area (Å²) in [5.74, 6) is 0.204. The van der Waals surface area contributed by atoms with Crippen molar-refractivity contribution in [3.63, 3.8) is 0 Å². The summed E-state index contributed by atoms with van der Waals surface area (Å²) in [5.41, 5.74) is 0. The molecule has 5 atom stereocenters. The van der Waals surface area contributed by atoms with Crippen LogP contribution in [0, 0.1) is 17.8 Å². The molecule has 0 aliphatic heterocycles. The molecular formula is C80H156O17P2. The summed E-state index contributed by atoms with van der Waals surface area (Å²) in [6.07, 6.45) is 58.4. The van der Waals surface area contributed by atoms with E-state index in [0.717, 1.165) is 108 Å². The molecule has 0 saturated carbocycles.